The first-order valence-electron chi connectivity index (χ1n) is 8.31. The Balaban J connectivity index is 1.59. The number of hydrogen-bond donors (Lipinski definition) is 1. The van der Waals surface area contributed by atoms with Gasteiger partial charge in [-0.15, -0.1) is 10.2 Å². The second-order valence-corrected chi connectivity index (χ2v) is 8.68. The van der Waals surface area contributed by atoms with E-state index in [0.29, 0.717) is 5.16 Å². The van der Waals surface area contributed by atoms with E-state index < -0.39 is 0 Å². The lowest BCUT2D eigenvalue weighted by molar-refractivity contribution is -0.118. The van der Waals surface area contributed by atoms with Crippen molar-refractivity contribution in [2.24, 2.45) is 12.1 Å². The molecule has 9 heteroatoms. The van der Waals surface area contributed by atoms with Crippen LogP contribution in [0.15, 0.2) is 67.7 Å². The summed E-state index contributed by atoms with van der Waals surface area (Å²) in [7, 11) is 1.88. The molecule has 6 nitrogen and oxygen atoms in total. The van der Waals surface area contributed by atoms with Gasteiger partial charge in [-0.05, 0) is 36.8 Å². The molecule has 0 bridgehead atoms. The van der Waals surface area contributed by atoms with Gasteiger partial charge in [0.15, 0.2) is 11.0 Å². The molecule has 1 heterocycles. The fourth-order valence-corrected chi connectivity index (χ4v) is 3.75. The van der Waals surface area contributed by atoms with Crippen LogP contribution in [0.1, 0.15) is 12.5 Å². The van der Waals surface area contributed by atoms with Gasteiger partial charge in [0.1, 0.15) is 0 Å². The summed E-state index contributed by atoms with van der Waals surface area (Å²) in [5.74, 6) is 0.739. The van der Waals surface area contributed by atoms with Crippen molar-refractivity contribution in [3.63, 3.8) is 0 Å². The van der Waals surface area contributed by atoms with Crippen molar-refractivity contribution in [1.29, 1.82) is 0 Å². The highest BCUT2D eigenvalue weighted by Gasteiger charge is 2.13. The van der Waals surface area contributed by atoms with Crippen molar-refractivity contribution < 1.29 is 4.79 Å². The quantitative estimate of drug-likeness (QED) is 0.291. The molecule has 0 saturated carbocycles. The summed E-state index contributed by atoms with van der Waals surface area (Å²) in [6.07, 6.45) is 0. The minimum Gasteiger partial charge on any atom is -0.305 e. The number of carbonyl (C=O) groups excluding carboxylic acids is 1. The number of aromatic nitrogens is 3. The highest BCUT2D eigenvalue weighted by molar-refractivity contribution is 9.10. The van der Waals surface area contributed by atoms with Crippen LogP contribution in [0.4, 0.5) is 0 Å². The zero-order valence-electron chi connectivity index (χ0n) is 15.2. The number of benzene rings is 2. The number of hydrazone groups is 1. The van der Waals surface area contributed by atoms with Crippen molar-refractivity contribution >= 4 is 55.2 Å². The summed E-state index contributed by atoms with van der Waals surface area (Å²) in [5, 5.41) is 13.2. The lowest BCUT2D eigenvalue weighted by Crippen LogP contribution is -2.21. The van der Waals surface area contributed by atoms with Gasteiger partial charge in [0.2, 0.25) is 0 Å². The molecule has 144 valence electrons. The van der Waals surface area contributed by atoms with Gasteiger partial charge in [0, 0.05) is 21.6 Å². The van der Waals surface area contributed by atoms with E-state index in [1.807, 2.05) is 67.1 Å². The summed E-state index contributed by atoms with van der Waals surface area (Å²) >= 11 is 8.17. The monoisotopic (exact) mass is 521 g/mol. The van der Waals surface area contributed by atoms with E-state index in [2.05, 4.69) is 52.6 Å². The second kappa shape index (κ2) is 9.49. The lowest BCUT2D eigenvalue weighted by Gasteiger charge is -2.05. The number of amides is 1. The Morgan fingerprint density at radius 2 is 1.89 bits per heavy atom. The zero-order chi connectivity index (χ0) is 20.1. The lowest BCUT2D eigenvalue weighted by atomic mass is 10.1. The number of nitrogens with zero attached hydrogens (tertiary/aromatic N) is 4. The second-order valence-electron chi connectivity index (χ2n) is 5.90. The third-order valence-corrected chi connectivity index (χ3v) is 5.90. The van der Waals surface area contributed by atoms with Crippen molar-refractivity contribution in [1.82, 2.24) is 20.2 Å². The first kappa shape index (κ1) is 20.8. The minimum atomic E-state index is -0.200. The fraction of sp³-hybridized carbons (Fsp3) is 0.158. The Morgan fingerprint density at radius 3 is 2.61 bits per heavy atom. The highest BCUT2D eigenvalue weighted by atomic mass is 79.9. The Bertz CT molecular complexity index is 1020. The van der Waals surface area contributed by atoms with Gasteiger partial charge in [-0.1, -0.05) is 67.9 Å². The summed E-state index contributed by atoms with van der Waals surface area (Å²) in [4.78, 5) is 12.1. The van der Waals surface area contributed by atoms with Gasteiger partial charge in [-0.3, -0.25) is 4.79 Å². The number of halogens is 2. The van der Waals surface area contributed by atoms with Crippen LogP contribution >= 0.6 is 43.6 Å². The van der Waals surface area contributed by atoms with Crippen LogP contribution in [0, 0.1) is 0 Å². The van der Waals surface area contributed by atoms with E-state index in [4.69, 9.17) is 0 Å². The molecule has 3 aromatic rings. The first-order valence-corrected chi connectivity index (χ1v) is 10.9. The maximum absolute atomic E-state index is 12.1. The van der Waals surface area contributed by atoms with E-state index in [9.17, 15) is 4.79 Å². The van der Waals surface area contributed by atoms with Crippen molar-refractivity contribution in [2.45, 2.75) is 12.1 Å². The largest absolute Gasteiger partial charge is 0.305 e. The van der Waals surface area contributed by atoms with Gasteiger partial charge in [-0.25, -0.2) is 5.43 Å². The molecule has 0 aliphatic carbocycles. The van der Waals surface area contributed by atoms with Gasteiger partial charge in [0.25, 0.3) is 5.91 Å². The smallest absolute Gasteiger partial charge is 0.250 e. The third-order valence-electron chi connectivity index (χ3n) is 3.86. The number of rotatable bonds is 6. The zero-order valence-corrected chi connectivity index (χ0v) is 19.2. The molecule has 1 aromatic heterocycles. The molecule has 3 rings (SSSR count). The Labute approximate surface area is 184 Å². The molecule has 0 atom stereocenters. The summed E-state index contributed by atoms with van der Waals surface area (Å²) in [6.45, 7) is 1.85. The van der Waals surface area contributed by atoms with Crippen LogP contribution in [0.2, 0.25) is 0 Å². The van der Waals surface area contributed by atoms with Gasteiger partial charge < -0.3 is 4.57 Å². The minimum absolute atomic E-state index is 0.196. The normalized spacial score (nSPS) is 11.5. The molecule has 0 unspecified atom stereocenters. The molecule has 0 radical (unpaired) electrons. The molecule has 0 spiro atoms. The average molecular weight is 523 g/mol. The molecular weight excluding hydrogens is 506 g/mol. The van der Waals surface area contributed by atoms with Gasteiger partial charge >= 0.3 is 0 Å². The molecular formula is C19H17Br2N5OS. The molecule has 1 amide bonds. The summed E-state index contributed by atoms with van der Waals surface area (Å²) in [6, 6.07) is 15.6. The first-order chi connectivity index (χ1) is 13.4. The van der Waals surface area contributed by atoms with Crippen LogP contribution in [-0.4, -0.2) is 32.1 Å². The van der Waals surface area contributed by atoms with Crippen LogP contribution in [-0.2, 0) is 11.8 Å². The summed E-state index contributed by atoms with van der Waals surface area (Å²) < 4.78 is 3.84. The van der Waals surface area contributed by atoms with Gasteiger partial charge in [-0.2, -0.15) is 5.10 Å². The fourth-order valence-electron chi connectivity index (χ4n) is 2.38. The molecule has 0 aliphatic rings. The maximum atomic E-state index is 12.1. The van der Waals surface area contributed by atoms with Crippen molar-refractivity contribution in [3.8, 4) is 11.4 Å². The van der Waals surface area contributed by atoms with Crippen LogP contribution < -0.4 is 5.43 Å². The Hall–Kier alpha value is -1.97. The molecule has 2 aromatic carbocycles. The number of thioether (sulfide) groups is 1. The SMILES string of the molecule is C/C(=N\NC(=O)CSc1nnc(-c2cccc(Br)c2)n1C)c1ccc(Br)cc1. The van der Waals surface area contributed by atoms with E-state index in [-0.39, 0.29) is 11.7 Å². The number of nitrogens with one attached hydrogen (secondary N) is 1. The van der Waals surface area contributed by atoms with E-state index in [1.165, 1.54) is 11.8 Å². The van der Waals surface area contributed by atoms with Crippen LogP contribution in [0.3, 0.4) is 0 Å². The molecule has 28 heavy (non-hydrogen) atoms. The van der Waals surface area contributed by atoms with Crippen molar-refractivity contribution in [3.05, 3.63) is 63.0 Å². The molecule has 0 aliphatic heterocycles. The maximum Gasteiger partial charge on any atom is 0.250 e. The highest BCUT2D eigenvalue weighted by Crippen LogP contribution is 2.24. The Kier molecular flexibility index (Phi) is 7.03. The molecule has 0 fully saturated rings. The predicted octanol–water partition coefficient (Wildman–Crippen LogP) is 4.64. The summed E-state index contributed by atoms with van der Waals surface area (Å²) in [5.41, 5.74) is 5.22. The van der Waals surface area contributed by atoms with E-state index >= 15 is 0 Å². The van der Waals surface area contributed by atoms with Gasteiger partial charge in [0.05, 0.1) is 11.5 Å². The number of carbonyl (C=O) groups is 1. The van der Waals surface area contributed by atoms with E-state index in [0.717, 1.165) is 31.6 Å². The Morgan fingerprint density at radius 1 is 1.14 bits per heavy atom. The standard InChI is InChI=1S/C19H17Br2N5OS/c1-12(13-6-8-15(20)9-7-13)22-23-17(27)11-28-19-25-24-18(26(19)2)14-4-3-5-16(21)10-14/h3-10H,11H2,1-2H3,(H,23,27)/b22-12+. The van der Waals surface area contributed by atoms with Crippen molar-refractivity contribution in [2.75, 3.05) is 5.75 Å². The average Bonchev–Trinajstić information content (AvgIpc) is 3.05. The molecule has 0 saturated heterocycles. The van der Waals surface area contributed by atoms with Crippen LogP contribution in [0.25, 0.3) is 11.4 Å². The number of hydrogen-bond acceptors (Lipinski definition) is 5. The predicted molar refractivity (Wildman–Crippen MR) is 119 cm³/mol. The third kappa shape index (κ3) is 5.30. The van der Waals surface area contributed by atoms with E-state index in [1.54, 1.807) is 0 Å². The molecule has 1 N–H and O–H groups in total. The van der Waals surface area contributed by atoms with Crippen LogP contribution in [0.5, 0.6) is 0 Å². The topological polar surface area (TPSA) is 72.2 Å².